The van der Waals surface area contributed by atoms with E-state index in [1.54, 1.807) is 19.0 Å². The number of carbonyl (C=O) groups is 1. The van der Waals surface area contributed by atoms with Gasteiger partial charge in [-0.2, -0.15) is 0 Å². The molecule has 0 radical (unpaired) electrons. The van der Waals surface area contributed by atoms with E-state index in [0.717, 1.165) is 58.4 Å². The number of guanidine groups is 1. The van der Waals surface area contributed by atoms with Crippen molar-refractivity contribution in [3.05, 3.63) is 0 Å². The standard InChI is InChI=1S/C19H38N6O2/c1-15(2)25-13-16(3)17(14-25)22-19(21-12-18(26)23(4)5)20-6-7-24-8-10-27-11-9-24/h15-17H,6-14H2,1-5H3,(H2,20,21,22). The van der Waals surface area contributed by atoms with Gasteiger partial charge in [0.25, 0.3) is 0 Å². The number of aliphatic imine (C=N–C) groups is 1. The largest absolute Gasteiger partial charge is 0.379 e. The van der Waals surface area contributed by atoms with E-state index in [4.69, 9.17) is 4.74 Å². The van der Waals surface area contributed by atoms with E-state index in [2.05, 4.69) is 46.2 Å². The molecule has 2 aliphatic rings. The van der Waals surface area contributed by atoms with Crippen molar-refractivity contribution in [1.29, 1.82) is 0 Å². The van der Waals surface area contributed by atoms with Crippen molar-refractivity contribution < 1.29 is 9.53 Å². The summed E-state index contributed by atoms with van der Waals surface area (Å²) in [5.74, 6) is 1.29. The Labute approximate surface area is 164 Å². The summed E-state index contributed by atoms with van der Waals surface area (Å²) >= 11 is 0. The van der Waals surface area contributed by atoms with E-state index in [1.165, 1.54) is 0 Å². The summed E-state index contributed by atoms with van der Waals surface area (Å²) in [5, 5.41) is 6.99. The van der Waals surface area contributed by atoms with Crippen molar-refractivity contribution in [2.24, 2.45) is 10.9 Å². The second-order valence-electron chi connectivity index (χ2n) is 8.11. The Kier molecular flexibility index (Phi) is 8.79. The summed E-state index contributed by atoms with van der Waals surface area (Å²) in [6.07, 6.45) is 0. The molecule has 0 aromatic rings. The zero-order valence-electron chi connectivity index (χ0n) is 17.7. The number of likely N-dealkylation sites (tertiary alicyclic amines) is 1. The summed E-state index contributed by atoms with van der Waals surface area (Å²) in [7, 11) is 3.52. The molecule has 156 valence electrons. The number of morpholine rings is 1. The molecule has 2 aliphatic heterocycles. The Morgan fingerprint density at radius 3 is 2.56 bits per heavy atom. The van der Waals surface area contributed by atoms with Gasteiger partial charge in [-0.3, -0.25) is 14.6 Å². The van der Waals surface area contributed by atoms with Crippen molar-refractivity contribution >= 4 is 11.9 Å². The maximum absolute atomic E-state index is 11.9. The van der Waals surface area contributed by atoms with E-state index in [9.17, 15) is 4.79 Å². The van der Waals surface area contributed by atoms with Crippen LogP contribution in [0.25, 0.3) is 0 Å². The highest BCUT2D eigenvalue weighted by Gasteiger charge is 2.31. The molecule has 0 aromatic carbocycles. The molecule has 8 heteroatoms. The Morgan fingerprint density at radius 2 is 1.96 bits per heavy atom. The summed E-state index contributed by atoms with van der Waals surface area (Å²) < 4.78 is 5.40. The van der Waals surface area contributed by atoms with Crippen molar-refractivity contribution in [1.82, 2.24) is 25.3 Å². The zero-order valence-corrected chi connectivity index (χ0v) is 17.7. The Bertz CT molecular complexity index is 491. The maximum Gasteiger partial charge on any atom is 0.243 e. The van der Waals surface area contributed by atoms with Gasteiger partial charge in [0.05, 0.1) is 13.2 Å². The predicted molar refractivity (Wildman–Crippen MR) is 109 cm³/mol. The summed E-state index contributed by atoms with van der Waals surface area (Å²) in [6, 6.07) is 0.890. The van der Waals surface area contributed by atoms with Gasteiger partial charge in [-0.1, -0.05) is 6.92 Å². The Balaban J connectivity index is 1.90. The van der Waals surface area contributed by atoms with Crippen LogP contribution in [0, 0.1) is 5.92 Å². The second-order valence-corrected chi connectivity index (χ2v) is 8.11. The van der Waals surface area contributed by atoms with Gasteiger partial charge >= 0.3 is 0 Å². The van der Waals surface area contributed by atoms with Gasteiger partial charge in [-0.25, -0.2) is 4.99 Å². The molecular weight excluding hydrogens is 344 g/mol. The lowest BCUT2D eigenvalue weighted by molar-refractivity contribution is -0.127. The fourth-order valence-electron chi connectivity index (χ4n) is 3.39. The molecule has 2 atom stereocenters. The van der Waals surface area contributed by atoms with Crippen LogP contribution in [-0.2, 0) is 9.53 Å². The Morgan fingerprint density at radius 1 is 1.26 bits per heavy atom. The van der Waals surface area contributed by atoms with E-state index in [0.29, 0.717) is 18.0 Å². The first-order valence-corrected chi connectivity index (χ1v) is 10.2. The number of ether oxygens (including phenoxy) is 1. The molecule has 0 aromatic heterocycles. The Hall–Kier alpha value is -1.38. The lowest BCUT2D eigenvalue weighted by Gasteiger charge is -2.27. The molecule has 2 unspecified atom stereocenters. The molecule has 1 amide bonds. The number of hydrogen-bond donors (Lipinski definition) is 2. The van der Waals surface area contributed by atoms with Crippen molar-refractivity contribution in [3.63, 3.8) is 0 Å². The second kappa shape index (κ2) is 10.8. The van der Waals surface area contributed by atoms with Crippen molar-refractivity contribution in [2.45, 2.75) is 32.9 Å². The van der Waals surface area contributed by atoms with Crippen LogP contribution >= 0.6 is 0 Å². The molecular formula is C19H38N6O2. The molecule has 8 nitrogen and oxygen atoms in total. The van der Waals surface area contributed by atoms with E-state index < -0.39 is 0 Å². The number of rotatable bonds is 7. The van der Waals surface area contributed by atoms with Crippen molar-refractivity contribution in [2.75, 3.05) is 73.1 Å². The summed E-state index contributed by atoms with van der Waals surface area (Å²) in [5.41, 5.74) is 0. The van der Waals surface area contributed by atoms with Crippen LogP contribution in [0.2, 0.25) is 0 Å². The van der Waals surface area contributed by atoms with Gasteiger partial charge in [0.15, 0.2) is 5.96 Å². The summed E-state index contributed by atoms with van der Waals surface area (Å²) in [6.45, 7) is 14.3. The zero-order chi connectivity index (χ0) is 19.8. The third-order valence-corrected chi connectivity index (χ3v) is 5.39. The SMILES string of the molecule is CC1CN(C(C)C)CC1NC(=NCC(=O)N(C)C)NCCN1CCOCC1. The van der Waals surface area contributed by atoms with Gasteiger partial charge in [0.1, 0.15) is 6.54 Å². The fraction of sp³-hybridized carbons (Fsp3) is 0.895. The minimum Gasteiger partial charge on any atom is -0.379 e. The van der Waals surface area contributed by atoms with Gasteiger partial charge < -0.3 is 20.3 Å². The lowest BCUT2D eigenvalue weighted by atomic mass is 10.1. The van der Waals surface area contributed by atoms with Crippen LogP contribution in [0.1, 0.15) is 20.8 Å². The smallest absolute Gasteiger partial charge is 0.243 e. The van der Waals surface area contributed by atoms with Gasteiger partial charge in [-0.15, -0.1) is 0 Å². The predicted octanol–water partition coefficient (Wildman–Crippen LogP) is -0.329. The fourth-order valence-corrected chi connectivity index (χ4v) is 3.39. The van der Waals surface area contributed by atoms with Crippen LogP contribution < -0.4 is 10.6 Å². The highest BCUT2D eigenvalue weighted by molar-refractivity contribution is 5.85. The molecule has 2 heterocycles. The third-order valence-electron chi connectivity index (χ3n) is 5.39. The van der Waals surface area contributed by atoms with Crippen molar-refractivity contribution in [3.8, 4) is 0 Å². The van der Waals surface area contributed by atoms with Crippen LogP contribution in [0.4, 0.5) is 0 Å². The first-order chi connectivity index (χ1) is 12.9. The minimum absolute atomic E-state index is 0.00700. The van der Waals surface area contributed by atoms with Crippen LogP contribution in [0.5, 0.6) is 0 Å². The van der Waals surface area contributed by atoms with Gasteiger partial charge in [0.2, 0.25) is 5.91 Å². The number of carbonyl (C=O) groups excluding carboxylic acids is 1. The first-order valence-electron chi connectivity index (χ1n) is 10.2. The molecule has 0 spiro atoms. The van der Waals surface area contributed by atoms with Crippen LogP contribution in [0.3, 0.4) is 0 Å². The monoisotopic (exact) mass is 382 g/mol. The lowest BCUT2D eigenvalue weighted by Crippen LogP contribution is -2.49. The third kappa shape index (κ3) is 7.27. The number of nitrogens with zero attached hydrogens (tertiary/aromatic N) is 4. The number of amides is 1. The topological polar surface area (TPSA) is 72.4 Å². The normalized spacial score (nSPS) is 25.0. The van der Waals surface area contributed by atoms with E-state index in [-0.39, 0.29) is 12.5 Å². The summed E-state index contributed by atoms with van der Waals surface area (Å²) in [4.78, 5) is 22.9. The number of likely N-dealkylation sites (N-methyl/N-ethyl adjacent to an activating group) is 1. The van der Waals surface area contributed by atoms with Crippen LogP contribution in [-0.4, -0.2) is 112 Å². The molecule has 2 rings (SSSR count). The molecule has 0 aliphatic carbocycles. The average Bonchev–Trinajstić information content (AvgIpc) is 3.01. The number of nitrogens with one attached hydrogen (secondary N) is 2. The van der Waals surface area contributed by atoms with E-state index >= 15 is 0 Å². The highest BCUT2D eigenvalue weighted by Crippen LogP contribution is 2.18. The van der Waals surface area contributed by atoms with Gasteiger partial charge in [-0.05, 0) is 19.8 Å². The maximum atomic E-state index is 11.9. The quantitative estimate of drug-likeness (QED) is 0.464. The van der Waals surface area contributed by atoms with Gasteiger partial charge in [0, 0.05) is 65.4 Å². The number of hydrogen-bond acceptors (Lipinski definition) is 5. The van der Waals surface area contributed by atoms with E-state index in [1.807, 2.05) is 0 Å². The molecule has 27 heavy (non-hydrogen) atoms. The first kappa shape index (κ1) is 21.9. The average molecular weight is 383 g/mol. The molecule has 2 N–H and O–H groups in total. The molecule has 2 saturated heterocycles. The highest BCUT2D eigenvalue weighted by atomic mass is 16.5. The molecule has 2 fully saturated rings. The van der Waals surface area contributed by atoms with Crippen LogP contribution in [0.15, 0.2) is 4.99 Å². The minimum atomic E-state index is 0.00700. The molecule has 0 bridgehead atoms. The molecule has 0 saturated carbocycles.